The second-order valence-corrected chi connectivity index (χ2v) is 6.89. The molecule has 2 aliphatic carbocycles. The summed E-state index contributed by atoms with van der Waals surface area (Å²) in [4.78, 5) is 19.3. The maximum atomic E-state index is 11.1. The number of aromatic nitrogens is 4. The number of aryl methyl sites for hydroxylation is 4. The lowest BCUT2D eigenvalue weighted by Crippen LogP contribution is -2.11. The van der Waals surface area contributed by atoms with Crippen LogP contribution in [0.1, 0.15) is 47.5 Å². The van der Waals surface area contributed by atoms with Gasteiger partial charge in [0.25, 0.3) is 0 Å². The van der Waals surface area contributed by atoms with E-state index in [0.29, 0.717) is 12.4 Å². The average Bonchev–Trinajstić information content (AvgIpc) is 3.11. The molecule has 6 nitrogen and oxygen atoms in total. The normalized spacial score (nSPS) is 14.0. The molecule has 3 aliphatic rings. The van der Waals surface area contributed by atoms with Crippen molar-refractivity contribution in [2.45, 2.75) is 52.4 Å². The Labute approximate surface area is 146 Å². The van der Waals surface area contributed by atoms with Gasteiger partial charge < -0.3 is 10.1 Å². The van der Waals surface area contributed by atoms with Gasteiger partial charge in [0.1, 0.15) is 0 Å². The van der Waals surface area contributed by atoms with E-state index in [9.17, 15) is 4.79 Å². The molecule has 1 aromatic heterocycles. The van der Waals surface area contributed by atoms with Crippen LogP contribution in [-0.2, 0) is 24.1 Å². The minimum atomic E-state index is -0.786. The Hall–Kier alpha value is -2.63. The van der Waals surface area contributed by atoms with Crippen molar-refractivity contribution in [3.8, 4) is 17.2 Å². The standard InChI is InChI=1S/C19H22N4O2/c1-11-9-12(2)23(22-11)19-20-15(7-8-17(24)25)18-14-6-4-3-5-13(14)10-16(18)21-19/h9-10H,3-8H2,1-2H3,(H,20,21)(H,24,25). The van der Waals surface area contributed by atoms with Crippen molar-refractivity contribution in [1.82, 2.24) is 19.7 Å². The van der Waals surface area contributed by atoms with Crippen LogP contribution in [0.5, 0.6) is 0 Å². The fraction of sp³-hybridized carbons (Fsp3) is 0.421. The maximum Gasteiger partial charge on any atom is 0.303 e. The van der Waals surface area contributed by atoms with E-state index in [1.54, 1.807) is 4.68 Å². The highest BCUT2D eigenvalue weighted by atomic mass is 16.4. The van der Waals surface area contributed by atoms with E-state index in [2.05, 4.69) is 16.1 Å². The zero-order valence-electron chi connectivity index (χ0n) is 14.6. The van der Waals surface area contributed by atoms with Crippen molar-refractivity contribution in [1.29, 1.82) is 0 Å². The molecule has 25 heavy (non-hydrogen) atoms. The Morgan fingerprint density at radius 2 is 2.08 bits per heavy atom. The summed E-state index contributed by atoms with van der Waals surface area (Å²) >= 11 is 0. The van der Waals surface area contributed by atoms with Gasteiger partial charge in [0.05, 0.1) is 17.8 Å². The molecular weight excluding hydrogens is 316 g/mol. The Balaban J connectivity index is 1.89. The molecule has 0 saturated heterocycles. The number of nitrogens with one attached hydrogen (secondary N) is 1. The van der Waals surface area contributed by atoms with Crippen molar-refractivity contribution in [2.24, 2.45) is 0 Å². The lowest BCUT2D eigenvalue weighted by atomic mass is 9.92. The molecule has 130 valence electrons. The molecule has 0 atom stereocenters. The number of hydrogen-bond acceptors (Lipinski definition) is 3. The number of carbonyl (C=O) groups is 1. The van der Waals surface area contributed by atoms with E-state index < -0.39 is 5.97 Å². The molecule has 0 aromatic carbocycles. The second kappa shape index (κ2) is 6.02. The Kier molecular flexibility index (Phi) is 3.82. The van der Waals surface area contributed by atoms with Gasteiger partial charge in [-0.2, -0.15) is 5.10 Å². The summed E-state index contributed by atoms with van der Waals surface area (Å²) < 4.78 is 1.80. The first-order valence-electron chi connectivity index (χ1n) is 8.81. The zero-order chi connectivity index (χ0) is 17.6. The fourth-order valence-corrected chi connectivity index (χ4v) is 3.89. The van der Waals surface area contributed by atoms with Crippen LogP contribution in [-0.4, -0.2) is 30.8 Å². The molecule has 6 heteroatoms. The first-order chi connectivity index (χ1) is 12.0. The summed E-state index contributed by atoms with van der Waals surface area (Å²) in [5.41, 5.74) is 7.69. The van der Waals surface area contributed by atoms with Crippen LogP contribution in [0.3, 0.4) is 0 Å². The largest absolute Gasteiger partial charge is 0.481 e. The lowest BCUT2D eigenvalue weighted by Gasteiger charge is -2.16. The molecule has 0 spiro atoms. The second-order valence-electron chi connectivity index (χ2n) is 6.89. The summed E-state index contributed by atoms with van der Waals surface area (Å²) in [6.07, 6.45) is 5.10. The van der Waals surface area contributed by atoms with Crippen molar-refractivity contribution in [3.05, 3.63) is 40.3 Å². The zero-order valence-corrected chi connectivity index (χ0v) is 14.6. The molecule has 1 aliphatic heterocycles. The smallest absolute Gasteiger partial charge is 0.303 e. The van der Waals surface area contributed by atoms with Crippen molar-refractivity contribution < 1.29 is 9.90 Å². The molecule has 0 radical (unpaired) electrons. The van der Waals surface area contributed by atoms with E-state index in [4.69, 9.17) is 10.1 Å². The van der Waals surface area contributed by atoms with Crippen LogP contribution >= 0.6 is 0 Å². The number of rotatable bonds is 4. The Morgan fingerprint density at radius 3 is 2.80 bits per heavy atom. The number of aromatic amines is 1. The molecule has 0 saturated carbocycles. The van der Waals surface area contributed by atoms with E-state index in [-0.39, 0.29) is 6.42 Å². The van der Waals surface area contributed by atoms with Gasteiger partial charge in [0.2, 0.25) is 5.95 Å². The fourth-order valence-electron chi connectivity index (χ4n) is 3.89. The third-order valence-electron chi connectivity index (χ3n) is 4.97. The molecule has 0 fully saturated rings. The Bertz CT molecular complexity index is 922. The molecule has 0 bridgehead atoms. The van der Waals surface area contributed by atoms with Crippen LogP contribution < -0.4 is 0 Å². The average molecular weight is 338 g/mol. The highest BCUT2D eigenvalue weighted by Gasteiger charge is 2.25. The SMILES string of the molecule is Cc1cc(C)n(-c2nc3cc4c(c-3c(CCC(=O)O)[nH]2)CCCC4)n1. The van der Waals surface area contributed by atoms with Gasteiger partial charge in [0, 0.05) is 17.0 Å². The summed E-state index contributed by atoms with van der Waals surface area (Å²) in [6, 6.07) is 4.18. The third-order valence-corrected chi connectivity index (χ3v) is 4.97. The number of nitrogens with zero attached hydrogens (tertiary/aromatic N) is 3. The topological polar surface area (TPSA) is 83.8 Å². The van der Waals surface area contributed by atoms with Crippen LogP contribution in [0.4, 0.5) is 0 Å². The number of carboxylic acids is 1. The number of aliphatic carboxylic acids is 1. The van der Waals surface area contributed by atoms with E-state index in [1.807, 2.05) is 19.9 Å². The van der Waals surface area contributed by atoms with E-state index >= 15 is 0 Å². The predicted octanol–water partition coefficient (Wildman–Crippen LogP) is 3.21. The van der Waals surface area contributed by atoms with E-state index in [0.717, 1.165) is 41.2 Å². The van der Waals surface area contributed by atoms with Crippen molar-refractivity contribution >= 4 is 5.97 Å². The van der Waals surface area contributed by atoms with Gasteiger partial charge in [-0.3, -0.25) is 4.79 Å². The minimum Gasteiger partial charge on any atom is -0.481 e. The first kappa shape index (κ1) is 15.9. The number of fused-ring (bicyclic) bond motifs is 3. The molecule has 4 rings (SSSR count). The van der Waals surface area contributed by atoms with Gasteiger partial charge in [-0.1, -0.05) is 0 Å². The summed E-state index contributed by atoms with van der Waals surface area (Å²) in [5.74, 6) is -0.132. The van der Waals surface area contributed by atoms with Gasteiger partial charge in [-0.15, -0.1) is 0 Å². The number of H-pyrrole nitrogens is 1. The van der Waals surface area contributed by atoms with Gasteiger partial charge in [-0.05, 0) is 69.2 Å². The van der Waals surface area contributed by atoms with Crippen LogP contribution in [0.2, 0.25) is 0 Å². The quantitative estimate of drug-likeness (QED) is 0.765. The monoisotopic (exact) mass is 338 g/mol. The van der Waals surface area contributed by atoms with Crippen LogP contribution in [0.25, 0.3) is 17.2 Å². The Morgan fingerprint density at radius 1 is 1.28 bits per heavy atom. The van der Waals surface area contributed by atoms with Gasteiger partial charge in [0.15, 0.2) is 0 Å². The molecular formula is C19H22N4O2. The lowest BCUT2D eigenvalue weighted by molar-refractivity contribution is -0.136. The molecule has 1 aromatic rings. The van der Waals surface area contributed by atoms with Gasteiger partial charge in [-0.25, -0.2) is 9.67 Å². The van der Waals surface area contributed by atoms with Crippen LogP contribution in [0, 0.1) is 13.8 Å². The van der Waals surface area contributed by atoms with E-state index in [1.165, 1.54) is 24.0 Å². The van der Waals surface area contributed by atoms with Crippen molar-refractivity contribution in [3.63, 3.8) is 0 Å². The maximum absolute atomic E-state index is 11.1. The highest BCUT2D eigenvalue weighted by molar-refractivity contribution is 5.75. The highest BCUT2D eigenvalue weighted by Crippen LogP contribution is 2.38. The van der Waals surface area contributed by atoms with Crippen molar-refractivity contribution in [2.75, 3.05) is 0 Å². The molecule has 0 unspecified atom stereocenters. The number of hydrogen-bond donors (Lipinski definition) is 2. The van der Waals surface area contributed by atoms with Crippen LogP contribution in [0.15, 0.2) is 12.1 Å². The molecule has 2 N–H and O–H groups in total. The predicted molar refractivity (Wildman–Crippen MR) is 94.4 cm³/mol. The molecule has 2 heterocycles. The summed E-state index contributed by atoms with van der Waals surface area (Å²) in [6.45, 7) is 3.95. The minimum absolute atomic E-state index is 0.103. The first-order valence-corrected chi connectivity index (χ1v) is 8.81. The summed E-state index contributed by atoms with van der Waals surface area (Å²) in [5, 5.41) is 13.6. The number of carboxylic acid groups (broad SMARTS) is 1. The summed E-state index contributed by atoms with van der Waals surface area (Å²) in [7, 11) is 0. The molecule has 0 amide bonds. The third kappa shape index (κ3) is 2.81. The van der Waals surface area contributed by atoms with Gasteiger partial charge >= 0.3 is 5.97 Å².